The molecule has 0 aliphatic rings. The van der Waals surface area contributed by atoms with Crippen molar-refractivity contribution in [1.29, 1.82) is 0 Å². The fourth-order valence-corrected chi connectivity index (χ4v) is 1.37. The Labute approximate surface area is 104 Å². The van der Waals surface area contributed by atoms with Crippen LogP contribution in [0, 0.1) is 5.92 Å². The first-order chi connectivity index (χ1) is 7.57. The summed E-state index contributed by atoms with van der Waals surface area (Å²) in [6, 6.07) is 0. The molecule has 100 valence electrons. The maximum Gasteiger partial charge on any atom is 0.316 e. The number of carbonyl (C=O) groups is 2. The minimum Gasteiger partial charge on any atom is -0.459 e. The monoisotopic (exact) mass is 244 g/mol. The molecule has 0 radical (unpaired) electrons. The maximum atomic E-state index is 12.1. The van der Waals surface area contributed by atoms with Crippen LogP contribution in [0.25, 0.3) is 0 Å². The lowest BCUT2D eigenvalue weighted by atomic mass is 9.89. The highest BCUT2D eigenvalue weighted by atomic mass is 16.6. The van der Waals surface area contributed by atoms with Crippen molar-refractivity contribution in [3.8, 4) is 0 Å². The van der Waals surface area contributed by atoms with Gasteiger partial charge in [0.15, 0.2) is 5.78 Å². The van der Waals surface area contributed by atoms with E-state index in [4.69, 9.17) is 9.47 Å². The maximum absolute atomic E-state index is 12.1. The van der Waals surface area contributed by atoms with E-state index in [0.717, 1.165) is 0 Å². The second-order valence-electron chi connectivity index (χ2n) is 5.41. The van der Waals surface area contributed by atoms with E-state index in [1.165, 1.54) is 7.11 Å². The van der Waals surface area contributed by atoms with Crippen molar-refractivity contribution < 1.29 is 19.1 Å². The Morgan fingerprint density at radius 2 is 1.65 bits per heavy atom. The molecule has 0 aliphatic heterocycles. The van der Waals surface area contributed by atoms with Gasteiger partial charge in [-0.05, 0) is 41.0 Å². The molecule has 17 heavy (non-hydrogen) atoms. The first kappa shape index (κ1) is 16.1. The van der Waals surface area contributed by atoms with Crippen molar-refractivity contribution in [3.05, 3.63) is 0 Å². The molecular weight excluding hydrogens is 220 g/mol. The lowest BCUT2D eigenvalue weighted by Gasteiger charge is -2.29. The number of carbonyl (C=O) groups excluding carboxylic acids is 2. The van der Waals surface area contributed by atoms with E-state index >= 15 is 0 Å². The van der Waals surface area contributed by atoms with Gasteiger partial charge in [0, 0.05) is 7.11 Å². The molecule has 0 spiro atoms. The van der Waals surface area contributed by atoms with Crippen molar-refractivity contribution in [1.82, 2.24) is 0 Å². The van der Waals surface area contributed by atoms with Crippen LogP contribution in [0.1, 0.15) is 48.0 Å². The van der Waals surface area contributed by atoms with E-state index in [0.29, 0.717) is 6.42 Å². The molecule has 0 aliphatic carbocycles. The largest absolute Gasteiger partial charge is 0.459 e. The predicted octanol–water partition coefficient (Wildman–Crippen LogP) is 2.35. The topological polar surface area (TPSA) is 52.6 Å². The van der Waals surface area contributed by atoms with E-state index in [-0.39, 0.29) is 5.78 Å². The Hall–Kier alpha value is -0.900. The Kier molecular flexibility index (Phi) is 5.33. The summed E-state index contributed by atoms with van der Waals surface area (Å²) in [7, 11) is 1.48. The Bertz CT molecular complexity index is 284. The molecule has 0 amide bonds. The number of hydrogen-bond donors (Lipinski definition) is 0. The molecule has 2 unspecified atom stereocenters. The zero-order valence-corrected chi connectivity index (χ0v) is 11.9. The molecule has 0 heterocycles. The summed E-state index contributed by atoms with van der Waals surface area (Å²) in [5.41, 5.74) is -1.50. The highest BCUT2D eigenvalue weighted by Gasteiger charge is 2.39. The average Bonchev–Trinajstić information content (AvgIpc) is 2.23. The van der Waals surface area contributed by atoms with Crippen LogP contribution < -0.4 is 0 Å². The zero-order valence-electron chi connectivity index (χ0n) is 11.9. The van der Waals surface area contributed by atoms with Crippen LogP contribution in [0.3, 0.4) is 0 Å². The zero-order chi connectivity index (χ0) is 13.9. The molecule has 0 saturated heterocycles. The minimum atomic E-state index is -0.920. The van der Waals surface area contributed by atoms with Gasteiger partial charge in [0.05, 0.1) is 0 Å². The van der Waals surface area contributed by atoms with E-state index < -0.39 is 23.1 Å². The molecule has 2 atom stereocenters. The number of Topliss-reactive ketones (excluding diaryl/α,β-unsaturated/α-hetero) is 1. The summed E-state index contributed by atoms with van der Waals surface area (Å²) in [5.74, 6) is -1.55. The number of esters is 1. The third-order valence-corrected chi connectivity index (χ3v) is 2.80. The summed E-state index contributed by atoms with van der Waals surface area (Å²) in [5, 5.41) is 0. The number of ketones is 1. The summed E-state index contributed by atoms with van der Waals surface area (Å²) < 4.78 is 10.4. The number of methoxy groups -OCH3 is 1. The molecule has 0 saturated carbocycles. The number of hydrogen-bond acceptors (Lipinski definition) is 4. The lowest BCUT2D eigenvalue weighted by Crippen LogP contribution is -2.44. The highest BCUT2D eigenvalue weighted by molar-refractivity contribution is 6.02. The van der Waals surface area contributed by atoms with Gasteiger partial charge >= 0.3 is 5.97 Å². The third-order valence-electron chi connectivity index (χ3n) is 2.80. The van der Waals surface area contributed by atoms with Gasteiger partial charge < -0.3 is 9.47 Å². The number of rotatable bonds is 5. The van der Waals surface area contributed by atoms with E-state index in [1.54, 1.807) is 34.6 Å². The Morgan fingerprint density at radius 1 is 1.18 bits per heavy atom. The number of ether oxygens (including phenoxy) is 2. The third kappa shape index (κ3) is 4.46. The van der Waals surface area contributed by atoms with Crippen LogP contribution in [0.4, 0.5) is 0 Å². The summed E-state index contributed by atoms with van der Waals surface area (Å²) in [6.07, 6.45) is 0.523. The molecule has 0 fully saturated rings. The van der Waals surface area contributed by atoms with Gasteiger partial charge in [-0.3, -0.25) is 9.59 Å². The SMILES string of the molecule is CCC(C)(OC)C(=O)C(C)C(=O)OC(C)(C)C. The van der Waals surface area contributed by atoms with Crippen LogP contribution in [-0.4, -0.2) is 30.1 Å². The fraction of sp³-hybridized carbons (Fsp3) is 0.846. The van der Waals surface area contributed by atoms with Crippen LogP contribution in [-0.2, 0) is 19.1 Å². The van der Waals surface area contributed by atoms with Crippen LogP contribution in [0.15, 0.2) is 0 Å². The normalized spacial score (nSPS) is 17.1. The van der Waals surface area contributed by atoms with Gasteiger partial charge in [-0.25, -0.2) is 0 Å². The standard InChI is InChI=1S/C13H24O4/c1-8-13(6,16-7)10(14)9(2)11(15)17-12(3,4)5/h9H,8H2,1-7H3. The molecule has 0 aromatic rings. The van der Waals surface area contributed by atoms with Gasteiger partial charge in [0.2, 0.25) is 0 Å². The molecule has 0 aromatic heterocycles. The van der Waals surface area contributed by atoms with Crippen molar-refractivity contribution in [2.75, 3.05) is 7.11 Å². The quantitative estimate of drug-likeness (QED) is 0.550. The van der Waals surface area contributed by atoms with E-state index in [9.17, 15) is 9.59 Å². The molecule has 4 heteroatoms. The van der Waals surface area contributed by atoms with Crippen LogP contribution in [0.5, 0.6) is 0 Å². The Balaban J connectivity index is 4.77. The predicted molar refractivity (Wildman–Crippen MR) is 65.7 cm³/mol. The summed E-state index contributed by atoms with van der Waals surface area (Å²) >= 11 is 0. The van der Waals surface area contributed by atoms with Crippen molar-refractivity contribution in [2.24, 2.45) is 5.92 Å². The molecule has 0 rings (SSSR count). The Morgan fingerprint density at radius 3 is 1.94 bits per heavy atom. The second-order valence-corrected chi connectivity index (χ2v) is 5.41. The first-order valence-electron chi connectivity index (χ1n) is 5.89. The molecular formula is C13H24O4. The van der Waals surface area contributed by atoms with Crippen molar-refractivity contribution >= 4 is 11.8 Å². The van der Waals surface area contributed by atoms with Crippen LogP contribution in [0.2, 0.25) is 0 Å². The molecule has 0 bridgehead atoms. The molecule has 0 N–H and O–H groups in total. The first-order valence-corrected chi connectivity index (χ1v) is 5.89. The fourth-order valence-electron chi connectivity index (χ4n) is 1.37. The van der Waals surface area contributed by atoms with E-state index in [1.807, 2.05) is 6.92 Å². The van der Waals surface area contributed by atoms with Gasteiger partial charge in [-0.1, -0.05) is 6.92 Å². The second kappa shape index (κ2) is 5.63. The van der Waals surface area contributed by atoms with Gasteiger partial charge in [0.1, 0.15) is 17.1 Å². The minimum absolute atomic E-state index is 0.239. The van der Waals surface area contributed by atoms with Gasteiger partial charge in [-0.2, -0.15) is 0 Å². The smallest absolute Gasteiger partial charge is 0.316 e. The molecule has 0 aromatic carbocycles. The molecule has 4 nitrogen and oxygen atoms in total. The average molecular weight is 244 g/mol. The summed E-state index contributed by atoms with van der Waals surface area (Å²) in [4.78, 5) is 23.9. The van der Waals surface area contributed by atoms with Crippen molar-refractivity contribution in [3.63, 3.8) is 0 Å². The van der Waals surface area contributed by atoms with Crippen LogP contribution >= 0.6 is 0 Å². The van der Waals surface area contributed by atoms with Gasteiger partial charge in [-0.15, -0.1) is 0 Å². The highest BCUT2D eigenvalue weighted by Crippen LogP contribution is 2.22. The van der Waals surface area contributed by atoms with Gasteiger partial charge in [0.25, 0.3) is 0 Å². The van der Waals surface area contributed by atoms with E-state index in [2.05, 4.69) is 0 Å². The van der Waals surface area contributed by atoms with Crippen molar-refractivity contribution in [2.45, 2.75) is 59.2 Å². The summed E-state index contributed by atoms with van der Waals surface area (Å²) in [6.45, 7) is 10.4. The lowest BCUT2D eigenvalue weighted by molar-refractivity contribution is -0.166.